The molecule has 3 aromatic rings. The summed E-state index contributed by atoms with van der Waals surface area (Å²) in [7, 11) is 0. The van der Waals surface area contributed by atoms with Crippen molar-refractivity contribution < 1.29 is 0 Å². The van der Waals surface area contributed by atoms with Crippen molar-refractivity contribution in [2.24, 2.45) is 0 Å². The van der Waals surface area contributed by atoms with Crippen molar-refractivity contribution in [1.29, 1.82) is 0 Å². The molecule has 0 nitrogen and oxygen atoms in total. The summed E-state index contributed by atoms with van der Waals surface area (Å²) in [6.45, 7) is 0. The molecule has 1 aliphatic heterocycles. The Labute approximate surface area is 139 Å². The van der Waals surface area contributed by atoms with E-state index in [0.717, 1.165) is 12.3 Å². The van der Waals surface area contributed by atoms with Gasteiger partial charge in [-0.1, -0.05) is 0 Å². The van der Waals surface area contributed by atoms with Crippen LogP contribution >= 0.6 is 20.8 Å². The van der Waals surface area contributed by atoms with Gasteiger partial charge in [-0.25, -0.2) is 0 Å². The van der Waals surface area contributed by atoms with E-state index in [1.165, 1.54) is 21.7 Å². The van der Waals surface area contributed by atoms with Crippen LogP contribution in [0.15, 0.2) is 84.9 Å². The van der Waals surface area contributed by atoms with E-state index in [0.29, 0.717) is 0 Å². The summed E-state index contributed by atoms with van der Waals surface area (Å²) in [6.07, 6.45) is 2.21. The molecule has 0 fully saturated rings. The van der Waals surface area contributed by atoms with Gasteiger partial charge in [0.15, 0.2) is 0 Å². The van der Waals surface area contributed by atoms with Crippen LogP contribution in [0.1, 0.15) is 11.1 Å². The third-order valence-electron chi connectivity index (χ3n) is 4.81. The van der Waals surface area contributed by atoms with Gasteiger partial charge >= 0.3 is 140 Å². The van der Waals surface area contributed by atoms with Gasteiger partial charge in [-0.2, -0.15) is 0 Å². The summed E-state index contributed by atoms with van der Waals surface area (Å²) in [6, 6.07) is 31.0. The minimum absolute atomic E-state index is 1.11. The summed E-state index contributed by atoms with van der Waals surface area (Å²) in [5, 5.41) is 0.533. The van der Waals surface area contributed by atoms with Crippen molar-refractivity contribution in [3.05, 3.63) is 96.1 Å². The Morgan fingerprint density at radius 3 is 1.32 bits per heavy atom. The van der Waals surface area contributed by atoms with Crippen LogP contribution in [0.2, 0.25) is 0 Å². The van der Waals surface area contributed by atoms with Gasteiger partial charge in [-0.05, 0) is 0 Å². The number of halogens is 1. The van der Waals surface area contributed by atoms with Gasteiger partial charge in [0.2, 0.25) is 0 Å². The summed E-state index contributed by atoms with van der Waals surface area (Å²) in [5.74, 6) is 0. The SMILES string of the molecule is BrP1(c2ccccc2)(c2ccccc2)Cc2ccccc2C1. The summed E-state index contributed by atoms with van der Waals surface area (Å²) in [5.41, 5.74) is 2.98. The van der Waals surface area contributed by atoms with Crippen molar-refractivity contribution >= 4 is 31.4 Å². The van der Waals surface area contributed by atoms with Crippen molar-refractivity contribution in [3.8, 4) is 0 Å². The number of hydrogen-bond acceptors (Lipinski definition) is 0. The van der Waals surface area contributed by atoms with Crippen LogP contribution in [0.4, 0.5) is 0 Å². The molecule has 1 aliphatic rings. The van der Waals surface area contributed by atoms with Gasteiger partial charge in [-0.15, -0.1) is 0 Å². The number of benzene rings is 3. The van der Waals surface area contributed by atoms with Crippen LogP contribution in [-0.4, -0.2) is 0 Å². The van der Waals surface area contributed by atoms with Gasteiger partial charge in [0.1, 0.15) is 0 Å². The van der Waals surface area contributed by atoms with Crippen LogP contribution < -0.4 is 10.6 Å². The molecule has 0 saturated carbocycles. The molecule has 0 unspecified atom stereocenters. The molecular formula is C20H18BrP. The summed E-state index contributed by atoms with van der Waals surface area (Å²) >= 11 is 4.38. The van der Waals surface area contributed by atoms with E-state index in [1.54, 1.807) is 0 Å². The first-order chi connectivity index (χ1) is 10.7. The zero-order valence-electron chi connectivity index (χ0n) is 12.3. The van der Waals surface area contributed by atoms with Crippen molar-refractivity contribution in [2.75, 3.05) is 0 Å². The molecule has 1 heterocycles. The molecule has 4 rings (SSSR count). The summed E-state index contributed by atoms with van der Waals surface area (Å²) < 4.78 is 0. The molecule has 0 aromatic heterocycles. The Morgan fingerprint density at radius 2 is 0.909 bits per heavy atom. The fourth-order valence-corrected chi connectivity index (χ4v) is 11.6. The van der Waals surface area contributed by atoms with Gasteiger partial charge in [0, 0.05) is 0 Å². The second kappa shape index (κ2) is 5.05. The molecule has 0 amide bonds. The first-order valence-electron chi connectivity index (χ1n) is 7.60. The molecule has 0 spiro atoms. The van der Waals surface area contributed by atoms with E-state index < -0.39 is 5.31 Å². The van der Waals surface area contributed by atoms with Crippen molar-refractivity contribution in [3.63, 3.8) is 0 Å². The molecule has 0 N–H and O–H groups in total. The Balaban J connectivity index is 2.00. The molecule has 0 atom stereocenters. The third kappa shape index (κ3) is 2.00. The van der Waals surface area contributed by atoms with Gasteiger partial charge in [-0.3, -0.25) is 0 Å². The molecule has 0 saturated heterocycles. The fraction of sp³-hybridized carbons (Fsp3) is 0.100. The van der Waals surface area contributed by atoms with E-state index in [9.17, 15) is 0 Å². The van der Waals surface area contributed by atoms with E-state index in [4.69, 9.17) is 0 Å². The standard InChI is InChI=1S/C20H18BrP/c21-22(19-11-3-1-4-12-19,20-13-5-2-6-14-20)15-17-9-7-8-10-18(17)16-22/h1-14H,15-16H2. The average Bonchev–Trinajstić information content (AvgIpc) is 2.92. The molecule has 22 heavy (non-hydrogen) atoms. The fourth-order valence-electron chi connectivity index (χ4n) is 3.69. The van der Waals surface area contributed by atoms with E-state index >= 15 is 0 Å². The topological polar surface area (TPSA) is 0 Å². The van der Waals surface area contributed by atoms with Crippen LogP contribution in [0.3, 0.4) is 0 Å². The molecule has 110 valence electrons. The Hall–Kier alpha value is -1.43. The quantitative estimate of drug-likeness (QED) is 0.544. The average molecular weight is 369 g/mol. The normalized spacial score (nSPS) is 19.8. The molecule has 0 bridgehead atoms. The number of rotatable bonds is 2. The van der Waals surface area contributed by atoms with Crippen LogP contribution in [-0.2, 0) is 12.3 Å². The van der Waals surface area contributed by atoms with E-state index in [1.807, 2.05) is 0 Å². The van der Waals surface area contributed by atoms with E-state index in [-0.39, 0.29) is 0 Å². The van der Waals surface area contributed by atoms with Crippen molar-refractivity contribution in [2.45, 2.75) is 12.3 Å². The second-order valence-electron chi connectivity index (χ2n) is 6.13. The molecule has 2 heteroatoms. The predicted molar refractivity (Wildman–Crippen MR) is 102 cm³/mol. The minimum atomic E-state index is -2.38. The van der Waals surface area contributed by atoms with Gasteiger partial charge in [0.25, 0.3) is 0 Å². The maximum absolute atomic E-state index is 4.38. The third-order valence-corrected chi connectivity index (χ3v) is 13.7. The Kier molecular flexibility index (Phi) is 3.25. The monoisotopic (exact) mass is 368 g/mol. The van der Waals surface area contributed by atoms with Crippen LogP contribution in [0.25, 0.3) is 0 Å². The van der Waals surface area contributed by atoms with Gasteiger partial charge < -0.3 is 0 Å². The maximum atomic E-state index is 4.38. The zero-order valence-corrected chi connectivity index (χ0v) is 14.8. The number of fused-ring (bicyclic) bond motifs is 1. The molecular weight excluding hydrogens is 351 g/mol. The Morgan fingerprint density at radius 1 is 0.545 bits per heavy atom. The van der Waals surface area contributed by atoms with Crippen LogP contribution in [0, 0.1) is 0 Å². The first kappa shape index (κ1) is 14.2. The first-order valence-corrected chi connectivity index (χ1v) is 12.2. The summed E-state index contributed by atoms with van der Waals surface area (Å²) in [4.78, 5) is 0. The molecule has 0 radical (unpaired) electrons. The number of hydrogen-bond donors (Lipinski definition) is 0. The predicted octanol–water partition coefficient (Wildman–Crippen LogP) is 5.21. The van der Waals surface area contributed by atoms with Crippen LogP contribution in [0.5, 0.6) is 0 Å². The Bertz CT molecular complexity index is 743. The van der Waals surface area contributed by atoms with Gasteiger partial charge in [0.05, 0.1) is 0 Å². The second-order valence-corrected chi connectivity index (χ2v) is 15.7. The molecule has 3 aromatic carbocycles. The van der Waals surface area contributed by atoms with Crippen molar-refractivity contribution in [1.82, 2.24) is 0 Å². The molecule has 0 aliphatic carbocycles. The van der Waals surface area contributed by atoms with E-state index in [2.05, 4.69) is 100 Å². The zero-order chi connectivity index (χ0) is 15.1.